The molecule has 2 rings (SSSR count). The molecule has 2 aromatic carbocycles. The Morgan fingerprint density at radius 1 is 1.05 bits per heavy atom. The lowest BCUT2D eigenvalue weighted by molar-refractivity contribution is 0.555. The quantitative estimate of drug-likeness (QED) is 0.811. The Hall–Kier alpha value is -1.22. The number of para-hydroxylation sites is 1. The van der Waals surface area contributed by atoms with Gasteiger partial charge in [-0.15, -0.1) is 0 Å². The monoisotopic (exact) mass is 395 g/mol. The number of nitrogens with one attached hydrogen (secondary N) is 1. The van der Waals surface area contributed by atoms with Crippen molar-refractivity contribution in [2.45, 2.75) is 4.90 Å². The Bertz CT molecular complexity index is 719. The van der Waals surface area contributed by atoms with Gasteiger partial charge in [0.15, 0.2) is 0 Å². The summed E-state index contributed by atoms with van der Waals surface area (Å²) in [5, 5.41) is 0. The molecule has 7 heteroatoms. The van der Waals surface area contributed by atoms with Crippen LogP contribution in [0.25, 0.3) is 0 Å². The van der Waals surface area contributed by atoms with Crippen molar-refractivity contribution in [2.24, 2.45) is 0 Å². The zero-order valence-electron chi connectivity index (χ0n) is 9.40. The minimum absolute atomic E-state index is 0.312. The summed E-state index contributed by atoms with van der Waals surface area (Å²) in [5.41, 5.74) is 0.312. The van der Waals surface area contributed by atoms with E-state index >= 15 is 0 Å². The molecule has 0 fully saturated rings. The maximum absolute atomic E-state index is 13.5. The lowest BCUT2D eigenvalue weighted by Crippen LogP contribution is -2.15. The first-order valence-corrected chi connectivity index (χ1v) is 7.69. The van der Waals surface area contributed by atoms with Crippen LogP contribution < -0.4 is 4.72 Å². The molecule has 0 saturated carbocycles. The summed E-state index contributed by atoms with van der Waals surface area (Å²) in [6.45, 7) is 0. The van der Waals surface area contributed by atoms with Crippen LogP contribution >= 0.6 is 22.6 Å². The molecule has 100 valence electrons. The van der Waals surface area contributed by atoms with Crippen molar-refractivity contribution in [3.63, 3.8) is 0 Å². The molecular weight excluding hydrogens is 387 g/mol. The molecular formula is C12H8F2INO2S. The molecule has 1 N–H and O–H groups in total. The average molecular weight is 395 g/mol. The third-order valence-corrected chi connectivity index (χ3v) is 4.62. The van der Waals surface area contributed by atoms with Crippen LogP contribution in [0.4, 0.5) is 14.5 Å². The second-order valence-corrected chi connectivity index (χ2v) is 6.47. The zero-order valence-corrected chi connectivity index (χ0v) is 12.4. The van der Waals surface area contributed by atoms with Gasteiger partial charge >= 0.3 is 0 Å². The molecule has 0 amide bonds. The predicted molar refractivity (Wildman–Crippen MR) is 76.3 cm³/mol. The van der Waals surface area contributed by atoms with E-state index in [0.717, 1.165) is 12.1 Å². The summed E-state index contributed by atoms with van der Waals surface area (Å²) in [7, 11) is -4.16. The highest BCUT2D eigenvalue weighted by Gasteiger charge is 2.20. The minimum atomic E-state index is -4.16. The molecule has 0 aliphatic carbocycles. The second kappa shape index (κ2) is 5.41. The maximum Gasteiger partial charge on any atom is 0.264 e. The molecule has 0 aliphatic heterocycles. The summed E-state index contributed by atoms with van der Waals surface area (Å²) in [6.07, 6.45) is 0. The fourth-order valence-corrected chi connectivity index (χ4v) is 3.30. The van der Waals surface area contributed by atoms with Gasteiger partial charge in [-0.1, -0.05) is 12.1 Å². The van der Waals surface area contributed by atoms with Crippen molar-refractivity contribution < 1.29 is 17.2 Å². The first-order valence-electron chi connectivity index (χ1n) is 5.12. The molecule has 0 atom stereocenters. The van der Waals surface area contributed by atoms with E-state index in [0.29, 0.717) is 15.3 Å². The number of hydrogen-bond acceptors (Lipinski definition) is 2. The van der Waals surface area contributed by atoms with Gasteiger partial charge in [-0.2, -0.15) is 0 Å². The maximum atomic E-state index is 13.5. The van der Waals surface area contributed by atoms with Gasteiger partial charge in [-0.05, 0) is 52.9 Å². The fraction of sp³-hybridized carbons (Fsp3) is 0. The van der Waals surface area contributed by atoms with Crippen LogP contribution in [0.1, 0.15) is 0 Å². The van der Waals surface area contributed by atoms with E-state index in [1.807, 2.05) is 22.6 Å². The number of benzene rings is 2. The van der Waals surface area contributed by atoms with Gasteiger partial charge < -0.3 is 0 Å². The van der Waals surface area contributed by atoms with E-state index in [-0.39, 0.29) is 0 Å². The number of sulfonamides is 1. The highest BCUT2D eigenvalue weighted by molar-refractivity contribution is 14.1. The second-order valence-electron chi connectivity index (χ2n) is 3.66. The first kappa shape index (κ1) is 14.2. The molecule has 0 spiro atoms. The highest BCUT2D eigenvalue weighted by atomic mass is 127. The van der Waals surface area contributed by atoms with E-state index in [4.69, 9.17) is 0 Å². The molecule has 3 nitrogen and oxygen atoms in total. The molecule has 0 aromatic heterocycles. The van der Waals surface area contributed by atoms with Crippen molar-refractivity contribution in [3.05, 3.63) is 57.7 Å². The van der Waals surface area contributed by atoms with Crippen LogP contribution in [-0.4, -0.2) is 8.42 Å². The van der Waals surface area contributed by atoms with Crippen LogP contribution in [0, 0.1) is 15.2 Å². The Morgan fingerprint density at radius 2 is 1.74 bits per heavy atom. The number of rotatable bonds is 3. The van der Waals surface area contributed by atoms with Crippen LogP contribution in [0.2, 0.25) is 0 Å². The van der Waals surface area contributed by atoms with Crippen molar-refractivity contribution in [3.8, 4) is 0 Å². The van der Waals surface area contributed by atoms with Gasteiger partial charge in [0.05, 0.1) is 5.69 Å². The van der Waals surface area contributed by atoms with Crippen molar-refractivity contribution in [2.75, 3.05) is 4.72 Å². The van der Waals surface area contributed by atoms with E-state index in [9.17, 15) is 17.2 Å². The fourth-order valence-electron chi connectivity index (χ4n) is 1.43. The smallest absolute Gasteiger partial charge is 0.264 e. The normalized spacial score (nSPS) is 11.3. The van der Waals surface area contributed by atoms with Crippen molar-refractivity contribution in [1.29, 1.82) is 0 Å². The summed E-state index contributed by atoms with van der Waals surface area (Å²) < 4.78 is 53.4. The molecule has 19 heavy (non-hydrogen) atoms. The van der Waals surface area contributed by atoms with Gasteiger partial charge in [0, 0.05) is 3.57 Å². The summed E-state index contributed by atoms with van der Waals surface area (Å²) in [4.78, 5) is -0.716. The van der Waals surface area contributed by atoms with Crippen LogP contribution in [0.5, 0.6) is 0 Å². The van der Waals surface area contributed by atoms with Gasteiger partial charge in [-0.25, -0.2) is 17.2 Å². The predicted octanol–water partition coefficient (Wildman–Crippen LogP) is 3.37. The summed E-state index contributed by atoms with van der Waals surface area (Å²) in [5.74, 6) is -1.82. The first-order chi connectivity index (χ1) is 8.90. The van der Waals surface area contributed by atoms with Gasteiger partial charge in [0.25, 0.3) is 10.0 Å². The average Bonchev–Trinajstić information content (AvgIpc) is 2.35. The van der Waals surface area contributed by atoms with E-state index in [1.54, 1.807) is 18.2 Å². The van der Waals surface area contributed by atoms with Crippen molar-refractivity contribution >= 4 is 38.3 Å². The lowest BCUT2D eigenvalue weighted by Gasteiger charge is -2.10. The van der Waals surface area contributed by atoms with Crippen LogP contribution in [0.3, 0.4) is 0 Å². The molecule has 0 heterocycles. The van der Waals surface area contributed by atoms with Gasteiger partial charge in [0.1, 0.15) is 16.5 Å². The topological polar surface area (TPSA) is 46.2 Å². The molecule has 0 bridgehead atoms. The summed E-state index contributed by atoms with van der Waals surface area (Å²) in [6, 6.07) is 8.90. The Morgan fingerprint density at radius 3 is 2.42 bits per heavy atom. The molecule has 0 aliphatic rings. The van der Waals surface area contributed by atoms with E-state index in [2.05, 4.69) is 4.72 Å². The number of hydrogen-bond donors (Lipinski definition) is 1. The molecule has 0 saturated heterocycles. The van der Waals surface area contributed by atoms with Gasteiger partial charge in [0.2, 0.25) is 0 Å². The minimum Gasteiger partial charge on any atom is -0.278 e. The molecule has 2 aromatic rings. The van der Waals surface area contributed by atoms with Crippen LogP contribution in [0.15, 0.2) is 47.4 Å². The molecule has 0 radical (unpaired) electrons. The third-order valence-electron chi connectivity index (χ3n) is 2.30. The Kier molecular flexibility index (Phi) is 4.04. The SMILES string of the molecule is O=S(=O)(Nc1ccccc1I)c1cc(F)ccc1F. The highest BCUT2D eigenvalue weighted by Crippen LogP contribution is 2.23. The van der Waals surface area contributed by atoms with E-state index < -0.39 is 26.6 Å². The number of anilines is 1. The van der Waals surface area contributed by atoms with Gasteiger partial charge in [-0.3, -0.25) is 4.72 Å². The third kappa shape index (κ3) is 3.21. The Balaban J connectivity index is 2.44. The molecule has 0 unspecified atom stereocenters. The van der Waals surface area contributed by atoms with Crippen molar-refractivity contribution in [1.82, 2.24) is 0 Å². The Labute approximate surface area is 122 Å². The standard InChI is InChI=1S/C12H8F2INO2S/c13-8-5-6-9(14)12(7-8)19(17,18)16-11-4-2-1-3-10(11)15/h1-7,16H. The largest absolute Gasteiger partial charge is 0.278 e. The van der Waals surface area contributed by atoms with Crippen LogP contribution in [-0.2, 0) is 10.0 Å². The lowest BCUT2D eigenvalue weighted by atomic mass is 10.3. The zero-order chi connectivity index (χ0) is 14.0. The van der Waals surface area contributed by atoms with E-state index in [1.165, 1.54) is 6.07 Å². The number of halogens is 3. The summed E-state index contributed by atoms with van der Waals surface area (Å²) >= 11 is 1.94.